The summed E-state index contributed by atoms with van der Waals surface area (Å²) in [4.78, 5) is 11.8. The zero-order valence-corrected chi connectivity index (χ0v) is 11.3. The summed E-state index contributed by atoms with van der Waals surface area (Å²) in [5.74, 6) is 0.229. The van der Waals surface area contributed by atoms with E-state index in [0.717, 1.165) is 15.6 Å². The van der Waals surface area contributed by atoms with Gasteiger partial charge in [0.15, 0.2) is 4.34 Å². The first-order chi connectivity index (χ1) is 8.66. The summed E-state index contributed by atoms with van der Waals surface area (Å²) in [5, 5.41) is 10.4. The van der Waals surface area contributed by atoms with Crippen LogP contribution in [-0.4, -0.2) is 21.9 Å². The summed E-state index contributed by atoms with van der Waals surface area (Å²) in [7, 11) is 0. The van der Waals surface area contributed by atoms with E-state index in [0.29, 0.717) is 11.4 Å². The van der Waals surface area contributed by atoms with Crippen LogP contribution in [-0.2, 0) is 4.79 Å². The molecule has 18 heavy (non-hydrogen) atoms. The Morgan fingerprint density at radius 1 is 1.56 bits per heavy atom. The van der Waals surface area contributed by atoms with Gasteiger partial charge in [0.05, 0.1) is 5.75 Å². The first-order valence-electron chi connectivity index (χ1n) is 5.20. The van der Waals surface area contributed by atoms with E-state index in [4.69, 9.17) is 5.73 Å². The van der Waals surface area contributed by atoms with Crippen LogP contribution in [0.4, 0.5) is 11.4 Å². The number of carbonyl (C=O) groups is 1. The van der Waals surface area contributed by atoms with Crippen molar-refractivity contribution in [2.75, 3.05) is 16.8 Å². The summed E-state index contributed by atoms with van der Waals surface area (Å²) < 4.78 is 0.787. The van der Waals surface area contributed by atoms with Gasteiger partial charge in [0.25, 0.3) is 0 Å². The number of nitrogens with one attached hydrogen (secondary N) is 1. The average Bonchev–Trinajstić information content (AvgIpc) is 2.86. The lowest BCUT2D eigenvalue weighted by atomic mass is 10.1. The third kappa shape index (κ3) is 3.21. The molecule has 0 bridgehead atoms. The van der Waals surface area contributed by atoms with E-state index in [1.165, 1.54) is 23.1 Å². The molecule has 0 aliphatic heterocycles. The van der Waals surface area contributed by atoms with Crippen molar-refractivity contribution in [1.82, 2.24) is 10.2 Å². The molecule has 3 N–H and O–H groups in total. The monoisotopic (exact) mass is 280 g/mol. The second-order valence-corrected chi connectivity index (χ2v) is 5.62. The van der Waals surface area contributed by atoms with Crippen LogP contribution < -0.4 is 11.1 Å². The van der Waals surface area contributed by atoms with Crippen molar-refractivity contribution >= 4 is 40.4 Å². The highest BCUT2D eigenvalue weighted by molar-refractivity contribution is 8.01. The largest absolute Gasteiger partial charge is 0.398 e. The molecule has 1 amide bonds. The van der Waals surface area contributed by atoms with E-state index in [1.807, 2.05) is 19.1 Å². The van der Waals surface area contributed by atoms with Gasteiger partial charge in [-0.1, -0.05) is 29.2 Å². The van der Waals surface area contributed by atoms with Crippen molar-refractivity contribution in [3.63, 3.8) is 0 Å². The van der Waals surface area contributed by atoms with Crippen LogP contribution >= 0.6 is 23.1 Å². The van der Waals surface area contributed by atoms with Crippen LogP contribution in [0.3, 0.4) is 0 Å². The van der Waals surface area contributed by atoms with Gasteiger partial charge in [0.1, 0.15) is 5.51 Å². The molecule has 2 aromatic rings. The molecule has 7 heteroatoms. The van der Waals surface area contributed by atoms with Gasteiger partial charge < -0.3 is 11.1 Å². The summed E-state index contributed by atoms with van der Waals surface area (Å²) in [5.41, 5.74) is 9.72. The molecule has 0 spiro atoms. The number of hydrogen-bond acceptors (Lipinski definition) is 6. The first kappa shape index (κ1) is 12.8. The van der Waals surface area contributed by atoms with E-state index < -0.39 is 0 Å². The predicted octanol–water partition coefficient (Wildman–Crippen LogP) is 2.16. The fraction of sp³-hybridized carbons (Fsp3) is 0.182. The standard InChI is InChI=1S/C11H12N4OS2/c1-7-8(12)3-2-4-9(7)14-10(16)5-17-11-15-13-6-18-11/h2-4,6H,5,12H2,1H3,(H,14,16). The van der Waals surface area contributed by atoms with Crippen LogP contribution in [0.25, 0.3) is 0 Å². The summed E-state index contributed by atoms with van der Waals surface area (Å²) in [6.07, 6.45) is 0. The molecule has 5 nitrogen and oxygen atoms in total. The van der Waals surface area contributed by atoms with Gasteiger partial charge >= 0.3 is 0 Å². The second-order valence-electron chi connectivity index (χ2n) is 3.56. The van der Waals surface area contributed by atoms with Crippen LogP contribution in [0.15, 0.2) is 28.0 Å². The third-order valence-corrected chi connectivity index (χ3v) is 4.18. The van der Waals surface area contributed by atoms with Gasteiger partial charge in [-0.15, -0.1) is 10.2 Å². The SMILES string of the molecule is Cc1c(N)cccc1NC(=O)CSc1nncs1. The molecule has 1 aromatic heterocycles. The van der Waals surface area contributed by atoms with Gasteiger partial charge in [0, 0.05) is 11.4 Å². The molecule has 0 atom stereocenters. The maximum atomic E-state index is 11.8. The lowest BCUT2D eigenvalue weighted by Crippen LogP contribution is -2.15. The number of amides is 1. The number of rotatable bonds is 4. The molecule has 0 unspecified atom stereocenters. The van der Waals surface area contributed by atoms with Crippen LogP contribution in [0.5, 0.6) is 0 Å². The predicted molar refractivity (Wildman–Crippen MR) is 74.9 cm³/mol. The molecule has 0 aliphatic carbocycles. The Kier molecular flexibility index (Phi) is 4.16. The van der Waals surface area contributed by atoms with Crippen LogP contribution in [0.1, 0.15) is 5.56 Å². The summed E-state index contributed by atoms with van der Waals surface area (Å²) in [6, 6.07) is 5.45. The molecular formula is C11H12N4OS2. The zero-order chi connectivity index (χ0) is 13.0. The van der Waals surface area contributed by atoms with E-state index >= 15 is 0 Å². The number of carbonyl (C=O) groups excluding carboxylic acids is 1. The van der Waals surface area contributed by atoms with Crippen molar-refractivity contribution in [1.29, 1.82) is 0 Å². The van der Waals surface area contributed by atoms with Gasteiger partial charge in [-0.05, 0) is 24.6 Å². The average molecular weight is 280 g/mol. The number of nitrogens with zero attached hydrogens (tertiary/aromatic N) is 2. The normalized spacial score (nSPS) is 10.3. The minimum Gasteiger partial charge on any atom is -0.398 e. The molecule has 94 valence electrons. The fourth-order valence-electron chi connectivity index (χ4n) is 1.33. The van der Waals surface area contributed by atoms with Crippen molar-refractivity contribution < 1.29 is 4.79 Å². The Balaban J connectivity index is 1.93. The van der Waals surface area contributed by atoms with Gasteiger partial charge in [0.2, 0.25) is 5.91 Å². The van der Waals surface area contributed by atoms with Gasteiger partial charge in [-0.3, -0.25) is 4.79 Å². The Hall–Kier alpha value is -1.60. The number of aromatic nitrogens is 2. The smallest absolute Gasteiger partial charge is 0.234 e. The van der Waals surface area contributed by atoms with Crippen LogP contribution in [0, 0.1) is 6.92 Å². The van der Waals surface area contributed by atoms with Gasteiger partial charge in [-0.2, -0.15) is 0 Å². The fourth-order valence-corrected chi connectivity index (χ4v) is 2.62. The highest BCUT2D eigenvalue weighted by Crippen LogP contribution is 2.22. The number of thioether (sulfide) groups is 1. The van der Waals surface area contributed by atoms with E-state index in [2.05, 4.69) is 15.5 Å². The number of nitrogen functional groups attached to an aromatic ring is 1. The summed E-state index contributed by atoms with van der Waals surface area (Å²) >= 11 is 2.78. The Morgan fingerprint density at radius 2 is 2.39 bits per heavy atom. The van der Waals surface area contributed by atoms with E-state index in [9.17, 15) is 4.79 Å². The topological polar surface area (TPSA) is 80.9 Å². The first-order valence-corrected chi connectivity index (χ1v) is 7.07. The Bertz CT molecular complexity index is 542. The minimum atomic E-state index is -0.0797. The quantitative estimate of drug-likeness (QED) is 0.662. The highest BCUT2D eigenvalue weighted by atomic mass is 32.2. The zero-order valence-electron chi connectivity index (χ0n) is 9.71. The number of nitrogens with two attached hydrogens (primary N) is 1. The van der Waals surface area contributed by atoms with Crippen molar-refractivity contribution in [2.45, 2.75) is 11.3 Å². The molecule has 0 aliphatic rings. The molecule has 2 rings (SSSR count). The van der Waals surface area contributed by atoms with Crippen LogP contribution in [0.2, 0.25) is 0 Å². The molecule has 1 aromatic carbocycles. The number of anilines is 2. The maximum absolute atomic E-state index is 11.8. The van der Waals surface area contributed by atoms with E-state index in [1.54, 1.807) is 11.6 Å². The molecule has 1 heterocycles. The van der Waals surface area contributed by atoms with Gasteiger partial charge in [-0.25, -0.2) is 0 Å². The summed E-state index contributed by atoms with van der Waals surface area (Å²) in [6.45, 7) is 1.88. The van der Waals surface area contributed by atoms with Crippen molar-refractivity contribution in [2.24, 2.45) is 0 Å². The lowest BCUT2D eigenvalue weighted by molar-refractivity contribution is -0.113. The number of hydrogen-bond donors (Lipinski definition) is 2. The van der Waals surface area contributed by atoms with E-state index in [-0.39, 0.29) is 5.91 Å². The number of benzene rings is 1. The minimum absolute atomic E-state index is 0.0797. The van der Waals surface area contributed by atoms with Crippen molar-refractivity contribution in [3.05, 3.63) is 29.3 Å². The molecular weight excluding hydrogens is 268 g/mol. The maximum Gasteiger partial charge on any atom is 0.234 e. The molecule has 0 saturated carbocycles. The highest BCUT2D eigenvalue weighted by Gasteiger charge is 2.08. The lowest BCUT2D eigenvalue weighted by Gasteiger charge is -2.09. The molecule has 0 fully saturated rings. The Morgan fingerprint density at radius 3 is 3.11 bits per heavy atom. The third-order valence-electron chi connectivity index (χ3n) is 2.32. The van der Waals surface area contributed by atoms with Crippen molar-refractivity contribution in [3.8, 4) is 0 Å². The molecule has 0 radical (unpaired) electrons. The second kappa shape index (κ2) is 5.83. The Labute approximate surface area is 113 Å². The molecule has 0 saturated heterocycles.